The van der Waals surface area contributed by atoms with Crippen molar-refractivity contribution in [2.75, 3.05) is 24.5 Å². The van der Waals surface area contributed by atoms with Crippen molar-refractivity contribution in [1.82, 2.24) is 0 Å². The molecule has 1 heterocycles. The van der Waals surface area contributed by atoms with Gasteiger partial charge >= 0.3 is 0 Å². The minimum Gasteiger partial charge on any atom is -0.370 e. The fourth-order valence-electron chi connectivity index (χ4n) is 2.55. The summed E-state index contributed by atoms with van der Waals surface area (Å²) in [6.07, 6.45) is 1.17. The van der Waals surface area contributed by atoms with Gasteiger partial charge in [-0.25, -0.2) is 0 Å². The smallest absolute Gasteiger partial charge is 0.0639 e. The van der Waals surface area contributed by atoms with Crippen LogP contribution in [0.3, 0.4) is 0 Å². The number of nitrogens with zero attached hydrogens (tertiary/aromatic N) is 1. The summed E-state index contributed by atoms with van der Waals surface area (Å²) in [6, 6.07) is 8.06. The van der Waals surface area contributed by atoms with Crippen LogP contribution in [0.1, 0.15) is 20.3 Å². The number of anilines is 1. The van der Waals surface area contributed by atoms with E-state index >= 15 is 0 Å². The summed E-state index contributed by atoms with van der Waals surface area (Å²) >= 11 is 6.25. The molecular formula is C14H21ClN2. The van der Waals surface area contributed by atoms with Gasteiger partial charge in [0.05, 0.1) is 10.7 Å². The molecule has 0 spiro atoms. The molecule has 0 aliphatic carbocycles. The van der Waals surface area contributed by atoms with Crippen molar-refractivity contribution >= 4 is 17.3 Å². The van der Waals surface area contributed by atoms with Gasteiger partial charge in [-0.05, 0) is 36.4 Å². The number of hydrogen-bond acceptors (Lipinski definition) is 2. The van der Waals surface area contributed by atoms with Crippen LogP contribution in [0.5, 0.6) is 0 Å². The zero-order valence-electron chi connectivity index (χ0n) is 10.6. The predicted molar refractivity (Wildman–Crippen MR) is 74.6 cm³/mol. The van der Waals surface area contributed by atoms with Crippen LogP contribution in [0.4, 0.5) is 5.69 Å². The summed E-state index contributed by atoms with van der Waals surface area (Å²) in [6.45, 7) is 7.44. The van der Waals surface area contributed by atoms with Gasteiger partial charge in [-0.3, -0.25) is 0 Å². The molecule has 3 heteroatoms. The zero-order chi connectivity index (χ0) is 12.5. The Morgan fingerprint density at radius 1 is 1.41 bits per heavy atom. The van der Waals surface area contributed by atoms with Crippen molar-refractivity contribution < 1.29 is 0 Å². The third-order valence-electron chi connectivity index (χ3n) is 4.05. The number of hydrogen-bond donors (Lipinski definition) is 1. The van der Waals surface area contributed by atoms with Crippen molar-refractivity contribution in [3.8, 4) is 0 Å². The maximum absolute atomic E-state index is 6.25. The van der Waals surface area contributed by atoms with Gasteiger partial charge in [0, 0.05) is 13.1 Å². The van der Waals surface area contributed by atoms with Gasteiger partial charge in [0.15, 0.2) is 0 Å². The molecule has 1 aliphatic heterocycles. The summed E-state index contributed by atoms with van der Waals surface area (Å²) in [5.41, 5.74) is 7.38. The van der Waals surface area contributed by atoms with Crippen molar-refractivity contribution in [3.63, 3.8) is 0 Å². The summed E-state index contributed by atoms with van der Waals surface area (Å²) in [4.78, 5) is 2.37. The van der Waals surface area contributed by atoms with E-state index in [1.54, 1.807) is 0 Å². The Balaban J connectivity index is 2.18. The van der Waals surface area contributed by atoms with Crippen LogP contribution < -0.4 is 10.6 Å². The van der Waals surface area contributed by atoms with Crippen LogP contribution >= 0.6 is 11.6 Å². The Kier molecular flexibility index (Phi) is 3.64. The van der Waals surface area contributed by atoms with Gasteiger partial charge < -0.3 is 10.6 Å². The molecule has 0 saturated carbocycles. The molecular weight excluding hydrogens is 232 g/mol. The van der Waals surface area contributed by atoms with Gasteiger partial charge in [-0.15, -0.1) is 0 Å². The Morgan fingerprint density at radius 2 is 2.12 bits per heavy atom. The van der Waals surface area contributed by atoms with E-state index in [4.69, 9.17) is 17.3 Å². The van der Waals surface area contributed by atoms with Gasteiger partial charge in [-0.1, -0.05) is 37.6 Å². The molecule has 1 unspecified atom stereocenters. The van der Waals surface area contributed by atoms with Crippen molar-refractivity contribution in [2.24, 2.45) is 17.1 Å². The monoisotopic (exact) mass is 252 g/mol. The van der Waals surface area contributed by atoms with E-state index in [1.807, 2.05) is 18.2 Å². The quantitative estimate of drug-likeness (QED) is 0.876. The Morgan fingerprint density at radius 3 is 2.76 bits per heavy atom. The van der Waals surface area contributed by atoms with E-state index in [0.717, 1.165) is 30.3 Å². The second-order valence-corrected chi connectivity index (χ2v) is 5.98. The highest BCUT2D eigenvalue weighted by Gasteiger charge is 2.34. The van der Waals surface area contributed by atoms with Crippen LogP contribution in [0, 0.1) is 11.3 Å². The molecule has 0 amide bonds. The van der Waals surface area contributed by atoms with E-state index in [-0.39, 0.29) is 0 Å². The van der Waals surface area contributed by atoms with Crippen LogP contribution in [-0.4, -0.2) is 19.6 Å². The molecule has 17 heavy (non-hydrogen) atoms. The number of nitrogens with two attached hydrogens (primary N) is 1. The minimum atomic E-state index is 0.340. The molecule has 1 fully saturated rings. The molecule has 94 valence electrons. The number of benzene rings is 1. The van der Waals surface area contributed by atoms with Gasteiger partial charge in [-0.2, -0.15) is 0 Å². The first-order chi connectivity index (χ1) is 8.04. The standard InChI is InChI=1S/C14H21ClN2/c1-14(2)7-8-17(10-11(14)9-16)13-6-4-3-5-12(13)15/h3-6,11H,7-10,16H2,1-2H3. The van der Waals surface area contributed by atoms with E-state index in [1.165, 1.54) is 6.42 Å². The Bertz CT molecular complexity index is 390. The van der Waals surface area contributed by atoms with Crippen LogP contribution in [-0.2, 0) is 0 Å². The predicted octanol–water partition coefficient (Wildman–Crippen LogP) is 3.15. The molecule has 1 aromatic carbocycles. The summed E-state index contributed by atoms with van der Waals surface area (Å²) in [7, 11) is 0. The number of halogens is 1. The fraction of sp³-hybridized carbons (Fsp3) is 0.571. The number of para-hydroxylation sites is 1. The average Bonchev–Trinajstić information content (AvgIpc) is 2.30. The molecule has 1 saturated heterocycles. The molecule has 2 rings (SSSR count). The highest BCUT2D eigenvalue weighted by Crippen LogP contribution is 2.38. The van der Waals surface area contributed by atoms with Gasteiger partial charge in [0.2, 0.25) is 0 Å². The van der Waals surface area contributed by atoms with Gasteiger partial charge in [0.25, 0.3) is 0 Å². The van der Waals surface area contributed by atoms with E-state index in [2.05, 4.69) is 24.8 Å². The molecule has 0 aromatic heterocycles. The maximum Gasteiger partial charge on any atom is 0.0639 e. The first-order valence-corrected chi connectivity index (χ1v) is 6.62. The lowest BCUT2D eigenvalue weighted by Crippen LogP contribution is -2.47. The largest absolute Gasteiger partial charge is 0.370 e. The lowest BCUT2D eigenvalue weighted by atomic mass is 9.73. The van der Waals surface area contributed by atoms with Crippen molar-refractivity contribution in [1.29, 1.82) is 0 Å². The van der Waals surface area contributed by atoms with E-state index < -0.39 is 0 Å². The first-order valence-electron chi connectivity index (χ1n) is 6.24. The number of piperidine rings is 1. The molecule has 0 bridgehead atoms. The average molecular weight is 253 g/mol. The van der Waals surface area contributed by atoms with Crippen LogP contribution in [0.25, 0.3) is 0 Å². The second kappa shape index (κ2) is 4.87. The lowest BCUT2D eigenvalue weighted by molar-refractivity contribution is 0.177. The molecule has 0 radical (unpaired) electrons. The Hall–Kier alpha value is -0.730. The first kappa shape index (κ1) is 12.7. The molecule has 1 aromatic rings. The van der Waals surface area contributed by atoms with E-state index in [9.17, 15) is 0 Å². The molecule has 1 atom stereocenters. The van der Waals surface area contributed by atoms with E-state index in [0.29, 0.717) is 11.3 Å². The summed E-state index contributed by atoms with van der Waals surface area (Å²) in [5.74, 6) is 0.535. The van der Waals surface area contributed by atoms with Crippen molar-refractivity contribution in [3.05, 3.63) is 29.3 Å². The topological polar surface area (TPSA) is 29.3 Å². The molecule has 2 nitrogen and oxygen atoms in total. The molecule has 2 N–H and O–H groups in total. The van der Waals surface area contributed by atoms with Crippen LogP contribution in [0.2, 0.25) is 5.02 Å². The maximum atomic E-state index is 6.25. The Labute approximate surface area is 109 Å². The number of rotatable bonds is 2. The molecule has 1 aliphatic rings. The van der Waals surface area contributed by atoms with Crippen molar-refractivity contribution in [2.45, 2.75) is 20.3 Å². The lowest BCUT2D eigenvalue weighted by Gasteiger charge is -2.44. The highest BCUT2D eigenvalue weighted by molar-refractivity contribution is 6.33. The van der Waals surface area contributed by atoms with Crippen LogP contribution in [0.15, 0.2) is 24.3 Å². The highest BCUT2D eigenvalue weighted by atomic mass is 35.5. The minimum absolute atomic E-state index is 0.340. The zero-order valence-corrected chi connectivity index (χ0v) is 11.4. The summed E-state index contributed by atoms with van der Waals surface area (Å²) in [5, 5.41) is 0.836. The SMILES string of the molecule is CC1(C)CCN(c2ccccc2Cl)CC1CN. The summed E-state index contributed by atoms with van der Waals surface area (Å²) < 4.78 is 0. The fourth-order valence-corrected chi connectivity index (χ4v) is 2.81. The van der Waals surface area contributed by atoms with Gasteiger partial charge in [0.1, 0.15) is 0 Å². The second-order valence-electron chi connectivity index (χ2n) is 5.57. The normalized spacial score (nSPS) is 23.8. The third-order valence-corrected chi connectivity index (χ3v) is 4.37. The third kappa shape index (κ3) is 2.58.